The van der Waals surface area contributed by atoms with Crippen molar-refractivity contribution in [2.75, 3.05) is 19.8 Å². The first-order valence-electron chi connectivity index (χ1n) is 8.54. The minimum absolute atomic E-state index is 0.0766. The summed E-state index contributed by atoms with van der Waals surface area (Å²) in [6.45, 7) is 3.05. The van der Waals surface area contributed by atoms with Crippen LogP contribution in [-0.4, -0.2) is 37.7 Å². The third kappa shape index (κ3) is 4.40. The van der Waals surface area contributed by atoms with E-state index in [0.717, 1.165) is 23.1 Å². The lowest BCUT2D eigenvalue weighted by Crippen LogP contribution is -2.34. The van der Waals surface area contributed by atoms with Gasteiger partial charge in [-0.2, -0.15) is 0 Å². The second-order valence-corrected chi connectivity index (χ2v) is 6.37. The molecular weight excluding hydrogens is 332 g/mol. The molecular formula is C20H22N2O4. The van der Waals surface area contributed by atoms with Crippen molar-refractivity contribution in [2.24, 2.45) is 5.73 Å². The smallest absolute Gasteiger partial charge is 0.255 e. The molecule has 1 fully saturated rings. The van der Waals surface area contributed by atoms with Crippen LogP contribution in [0.15, 0.2) is 42.5 Å². The molecule has 6 heteroatoms. The van der Waals surface area contributed by atoms with Gasteiger partial charge in [-0.15, -0.1) is 0 Å². The molecule has 0 spiro atoms. The number of hydrogen-bond donors (Lipinski definition) is 2. The molecule has 6 nitrogen and oxygen atoms in total. The van der Waals surface area contributed by atoms with Crippen LogP contribution in [-0.2, 0) is 9.53 Å². The van der Waals surface area contributed by atoms with Crippen molar-refractivity contribution in [1.29, 1.82) is 0 Å². The third-order valence-corrected chi connectivity index (χ3v) is 4.23. The van der Waals surface area contributed by atoms with Gasteiger partial charge in [-0.05, 0) is 43.2 Å². The second-order valence-electron chi connectivity index (χ2n) is 6.37. The van der Waals surface area contributed by atoms with Gasteiger partial charge >= 0.3 is 0 Å². The third-order valence-electron chi connectivity index (χ3n) is 4.23. The zero-order valence-electron chi connectivity index (χ0n) is 14.7. The fourth-order valence-electron chi connectivity index (χ4n) is 2.86. The predicted molar refractivity (Wildman–Crippen MR) is 98.0 cm³/mol. The molecule has 0 aromatic heterocycles. The van der Waals surface area contributed by atoms with Crippen LogP contribution in [0.25, 0.3) is 11.1 Å². The highest BCUT2D eigenvalue weighted by molar-refractivity contribution is 5.95. The average Bonchev–Trinajstić information content (AvgIpc) is 3.13. The number of nitrogens with two attached hydrogens (primary N) is 1. The van der Waals surface area contributed by atoms with Crippen molar-refractivity contribution in [2.45, 2.75) is 19.4 Å². The fraction of sp³-hybridized carbons (Fsp3) is 0.300. The summed E-state index contributed by atoms with van der Waals surface area (Å²) in [5, 5.41) is 2.97. The standard InChI is InChI=1S/C20H22N2O4/c1-13-2-7-18(26-12-19(21)23)17(10-13)14-3-5-15(6-4-14)20(24)22-16-8-9-25-11-16/h2-7,10,16H,8-9,11-12H2,1H3,(H2,21,23)(H,22,24)/t16-/m0/s1. The minimum Gasteiger partial charge on any atom is -0.483 e. The highest BCUT2D eigenvalue weighted by Crippen LogP contribution is 2.31. The van der Waals surface area contributed by atoms with Crippen LogP contribution in [0.1, 0.15) is 22.3 Å². The molecule has 2 amide bonds. The van der Waals surface area contributed by atoms with Crippen LogP contribution in [0, 0.1) is 6.92 Å². The SMILES string of the molecule is Cc1ccc(OCC(N)=O)c(-c2ccc(C(=O)N[C@H]3CCOC3)cc2)c1. The Morgan fingerprint density at radius 3 is 2.65 bits per heavy atom. The Hall–Kier alpha value is -2.86. The Morgan fingerprint density at radius 1 is 1.23 bits per heavy atom. The van der Waals surface area contributed by atoms with E-state index in [2.05, 4.69) is 5.32 Å². The first-order chi connectivity index (χ1) is 12.5. The van der Waals surface area contributed by atoms with E-state index < -0.39 is 5.91 Å². The normalized spacial score (nSPS) is 16.3. The van der Waals surface area contributed by atoms with Gasteiger partial charge in [-0.1, -0.05) is 23.8 Å². The van der Waals surface area contributed by atoms with Crippen molar-refractivity contribution in [3.63, 3.8) is 0 Å². The highest BCUT2D eigenvalue weighted by Gasteiger charge is 2.18. The zero-order valence-corrected chi connectivity index (χ0v) is 14.7. The quantitative estimate of drug-likeness (QED) is 0.831. The molecule has 1 heterocycles. The number of hydrogen-bond acceptors (Lipinski definition) is 4. The topological polar surface area (TPSA) is 90.7 Å². The Bertz CT molecular complexity index is 796. The fourth-order valence-corrected chi connectivity index (χ4v) is 2.86. The van der Waals surface area contributed by atoms with Crippen LogP contribution in [0.3, 0.4) is 0 Å². The van der Waals surface area contributed by atoms with Gasteiger partial charge in [0.2, 0.25) is 0 Å². The Balaban J connectivity index is 1.78. The van der Waals surface area contributed by atoms with Crippen LogP contribution in [0.5, 0.6) is 5.75 Å². The van der Waals surface area contributed by atoms with Gasteiger partial charge in [0.1, 0.15) is 5.75 Å². The summed E-state index contributed by atoms with van der Waals surface area (Å²) in [5.74, 6) is -0.0596. The first-order valence-corrected chi connectivity index (χ1v) is 8.54. The summed E-state index contributed by atoms with van der Waals surface area (Å²) < 4.78 is 10.8. The molecule has 136 valence electrons. The van der Waals surface area contributed by atoms with Gasteiger partial charge in [0.15, 0.2) is 6.61 Å². The van der Waals surface area contributed by atoms with Gasteiger partial charge in [-0.25, -0.2) is 0 Å². The molecule has 0 aliphatic carbocycles. The molecule has 0 unspecified atom stereocenters. The molecule has 3 rings (SSSR count). The maximum Gasteiger partial charge on any atom is 0.255 e. The Labute approximate surface area is 152 Å². The van der Waals surface area contributed by atoms with Gasteiger partial charge in [0.05, 0.1) is 12.6 Å². The largest absolute Gasteiger partial charge is 0.483 e. The number of primary amides is 1. The van der Waals surface area contributed by atoms with Gasteiger partial charge < -0.3 is 20.5 Å². The van der Waals surface area contributed by atoms with Crippen molar-refractivity contribution in [1.82, 2.24) is 5.32 Å². The first kappa shape index (κ1) is 17.9. The van der Waals surface area contributed by atoms with E-state index in [1.807, 2.05) is 37.3 Å². The number of carbonyl (C=O) groups is 2. The van der Waals surface area contributed by atoms with Crippen LogP contribution in [0.2, 0.25) is 0 Å². The summed E-state index contributed by atoms with van der Waals surface area (Å²) >= 11 is 0. The van der Waals surface area contributed by atoms with E-state index in [-0.39, 0.29) is 18.6 Å². The molecule has 26 heavy (non-hydrogen) atoms. The van der Waals surface area contributed by atoms with Gasteiger partial charge in [0.25, 0.3) is 11.8 Å². The average molecular weight is 354 g/mol. The van der Waals surface area contributed by atoms with E-state index >= 15 is 0 Å². The second kappa shape index (κ2) is 8.01. The zero-order chi connectivity index (χ0) is 18.5. The molecule has 0 bridgehead atoms. The molecule has 1 aliphatic rings. The van der Waals surface area contributed by atoms with Crippen molar-refractivity contribution in [3.05, 3.63) is 53.6 Å². The lowest BCUT2D eigenvalue weighted by molar-refractivity contribution is -0.119. The monoisotopic (exact) mass is 354 g/mol. The van der Waals surface area contributed by atoms with E-state index in [9.17, 15) is 9.59 Å². The number of ether oxygens (including phenoxy) is 2. The molecule has 1 aliphatic heterocycles. The predicted octanol–water partition coefficient (Wildman–Crippen LogP) is 2.04. The number of carbonyl (C=O) groups excluding carboxylic acids is 2. The molecule has 1 saturated heterocycles. The molecule has 1 atom stereocenters. The lowest BCUT2D eigenvalue weighted by atomic mass is 10.0. The molecule has 3 N–H and O–H groups in total. The van der Waals surface area contributed by atoms with Crippen molar-refractivity contribution >= 4 is 11.8 Å². The Kier molecular flexibility index (Phi) is 5.53. The van der Waals surface area contributed by atoms with E-state index in [1.54, 1.807) is 12.1 Å². The summed E-state index contributed by atoms with van der Waals surface area (Å²) in [5.41, 5.74) is 8.56. The van der Waals surface area contributed by atoms with Gasteiger partial charge in [0, 0.05) is 17.7 Å². The molecule has 0 radical (unpaired) electrons. The highest BCUT2D eigenvalue weighted by atomic mass is 16.5. The molecule has 2 aromatic carbocycles. The number of aryl methyl sites for hydroxylation is 1. The van der Waals surface area contributed by atoms with Crippen LogP contribution < -0.4 is 15.8 Å². The maximum absolute atomic E-state index is 12.3. The summed E-state index contributed by atoms with van der Waals surface area (Å²) in [6.07, 6.45) is 0.841. The van der Waals surface area contributed by atoms with E-state index in [4.69, 9.17) is 15.2 Å². The van der Waals surface area contributed by atoms with E-state index in [0.29, 0.717) is 24.5 Å². The van der Waals surface area contributed by atoms with E-state index in [1.165, 1.54) is 0 Å². The summed E-state index contributed by atoms with van der Waals surface area (Å²) in [6, 6.07) is 13.1. The number of benzene rings is 2. The maximum atomic E-state index is 12.3. The lowest BCUT2D eigenvalue weighted by Gasteiger charge is -2.13. The number of amides is 2. The molecule has 2 aromatic rings. The Morgan fingerprint density at radius 2 is 2.00 bits per heavy atom. The number of nitrogens with one attached hydrogen (secondary N) is 1. The van der Waals surface area contributed by atoms with Gasteiger partial charge in [-0.3, -0.25) is 9.59 Å². The number of rotatable bonds is 6. The summed E-state index contributed by atoms with van der Waals surface area (Å²) in [7, 11) is 0. The van der Waals surface area contributed by atoms with Crippen molar-refractivity contribution in [3.8, 4) is 16.9 Å². The van der Waals surface area contributed by atoms with Crippen molar-refractivity contribution < 1.29 is 19.1 Å². The minimum atomic E-state index is -0.528. The van der Waals surface area contributed by atoms with Crippen LogP contribution in [0.4, 0.5) is 0 Å². The molecule has 0 saturated carbocycles. The van der Waals surface area contributed by atoms with Crippen LogP contribution >= 0.6 is 0 Å². The summed E-state index contributed by atoms with van der Waals surface area (Å²) in [4.78, 5) is 23.3.